The number of carboxylic acids is 1. The molecule has 0 atom stereocenters. The molecule has 36 heavy (non-hydrogen) atoms. The molecular weight excluding hydrogens is 478 g/mol. The monoisotopic (exact) mass is 509 g/mol. The zero-order valence-electron chi connectivity index (χ0n) is 21.1. The van der Waals surface area contributed by atoms with E-state index in [1.807, 2.05) is 23.1 Å². The van der Waals surface area contributed by atoms with E-state index in [9.17, 15) is 9.59 Å². The lowest BCUT2D eigenvalue weighted by Crippen LogP contribution is -2.74. The molecule has 2 N–H and O–H groups in total. The Morgan fingerprint density at radius 2 is 1.78 bits per heavy atom. The zero-order valence-corrected chi connectivity index (χ0v) is 21.9. The number of carbonyl (C=O) groups excluding carboxylic acids is 1. The summed E-state index contributed by atoms with van der Waals surface area (Å²) < 4.78 is 6.31. The molecule has 1 aliphatic heterocycles. The minimum absolute atomic E-state index is 0.0328. The number of aliphatic carboxylic acids is 1. The first kappa shape index (κ1) is 26.0. The van der Waals surface area contributed by atoms with Crippen molar-refractivity contribution in [1.82, 2.24) is 10.2 Å². The largest absolute Gasteiger partial charge is 0.489 e. The number of nitrogens with zero attached hydrogens (tertiary/aromatic N) is 2. The minimum atomic E-state index is -0.823. The van der Waals surface area contributed by atoms with Gasteiger partial charge in [-0.15, -0.1) is 0 Å². The molecule has 190 valence electrons. The summed E-state index contributed by atoms with van der Waals surface area (Å²) in [5.41, 5.74) is 2.58. The predicted molar refractivity (Wildman–Crippen MR) is 137 cm³/mol. The molecule has 8 heteroatoms. The Balaban J connectivity index is 1.45. The number of nitriles is 1. The van der Waals surface area contributed by atoms with E-state index >= 15 is 0 Å². The van der Waals surface area contributed by atoms with Crippen molar-refractivity contribution < 1.29 is 19.4 Å². The van der Waals surface area contributed by atoms with Crippen LogP contribution >= 0.6 is 11.6 Å². The van der Waals surface area contributed by atoms with Gasteiger partial charge in [-0.25, -0.2) is 0 Å². The van der Waals surface area contributed by atoms with Crippen LogP contribution in [0, 0.1) is 22.2 Å². The highest BCUT2D eigenvalue weighted by Gasteiger charge is 2.64. The molecule has 1 amide bonds. The normalized spacial score (nSPS) is 22.3. The fourth-order valence-electron chi connectivity index (χ4n) is 6.07. The summed E-state index contributed by atoms with van der Waals surface area (Å²) in [4.78, 5) is 26.3. The number of carbonyl (C=O) groups is 2. The Hall–Kier alpha value is -3.08. The smallest absolute Gasteiger partial charge is 0.317 e. The topological polar surface area (TPSA) is 103 Å². The Bertz CT molecular complexity index is 1220. The van der Waals surface area contributed by atoms with Crippen molar-refractivity contribution in [3.8, 4) is 11.8 Å². The molecule has 0 saturated heterocycles. The Labute approximate surface area is 217 Å². The summed E-state index contributed by atoms with van der Waals surface area (Å²) in [5, 5.41) is 21.8. The van der Waals surface area contributed by atoms with Gasteiger partial charge in [-0.05, 0) is 48.2 Å². The van der Waals surface area contributed by atoms with Crippen LogP contribution in [0.5, 0.6) is 5.75 Å². The molecule has 2 aromatic carbocycles. The van der Waals surface area contributed by atoms with Gasteiger partial charge in [-0.3, -0.25) is 14.5 Å². The van der Waals surface area contributed by atoms with Crippen LogP contribution in [-0.4, -0.2) is 53.7 Å². The van der Waals surface area contributed by atoms with Gasteiger partial charge in [0.15, 0.2) is 0 Å². The van der Waals surface area contributed by atoms with Gasteiger partial charge in [-0.1, -0.05) is 45.4 Å². The lowest BCUT2D eigenvalue weighted by Gasteiger charge is -2.63. The fraction of sp³-hybridized carbons (Fsp3) is 0.464. The van der Waals surface area contributed by atoms with Crippen molar-refractivity contribution >= 4 is 23.5 Å². The second-order valence-corrected chi connectivity index (χ2v) is 11.4. The van der Waals surface area contributed by atoms with Crippen LogP contribution in [0.2, 0.25) is 5.02 Å². The first-order valence-corrected chi connectivity index (χ1v) is 12.5. The third-order valence-corrected chi connectivity index (χ3v) is 7.96. The standard InChI is InChI=1S/C28H32ClN3O4/c1-27(2)25(28(3,4)26(27)36-21-8-7-20(15-30)22(29)14-21)31-24(35)19-6-5-17-9-11-32(16-23(33)34)12-10-18(17)13-19/h5-8,13-14,25-26H,9-12,16H2,1-4H3,(H,31,35)(H,33,34). The molecule has 1 aliphatic carbocycles. The number of amides is 1. The maximum Gasteiger partial charge on any atom is 0.317 e. The number of carboxylic acid groups (broad SMARTS) is 1. The van der Waals surface area contributed by atoms with E-state index in [2.05, 4.69) is 39.1 Å². The SMILES string of the molecule is CC1(C)C(NC(=O)c2ccc3c(c2)CCN(CC(=O)O)CC3)C(C)(C)C1Oc1ccc(C#N)c(Cl)c1. The van der Waals surface area contributed by atoms with Crippen molar-refractivity contribution in [2.24, 2.45) is 10.8 Å². The van der Waals surface area contributed by atoms with E-state index in [1.54, 1.807) is 18.2 Å². The van der Waals surface area contributed by atoms with Gasteiger partial charge in [0, 0.05) is 41.6 Å². The average molecular weight is 510 g/mol. The number of hydrogen-bond donors (Lipinski definition) is 2. The zero-order chi connectivity index (χ0) is 26.3. The van der Waals surface area contributed by atoms with Gasteiger partial charge in [-0.2, -0.15) is 5.26 Å². The highest BCUT2D eigenvalue weighted by atomic mass is 35.5. The summed E-state index contributed by atoms with van der Waals surface area (Å²) in [6.45, 7) is 9.69. The van der Waals surface area contributed by atoms with E-state index in [1.165, 1.54) is 5.56 Å². The highest BCUT2D eigenvalue weighted by molar-refractivity contribution is 6.31. The molecule has 0 spiro atoms. The molecule has 4 rings (SSSR count). The summed E-state index contributed by atoms with van der Waals surface area (Å²) in [5.74, 6) is -0.357. The van der Waals surface area contributed by atoms with Crippen molar-refractivity contribution in [2.45, 2.75) is 52.7 Å². The van der Waals surface area contributed by atoms with Crippen LogP contribution in [0.4, 0.5) is 0 Å². The van der Waals surface area contributed by atoms with Crippen molar-refractivity contribution in [1.29, 1.82) is 5.26 Å². The highest BCUT2D eigenvalue weighted by Crippen LogP contribution is 2.55. The van der Waals surface area contributed by atoms with E-state index in [4.69, 9.17) is 26.7 Å². The summed E-state index contributed by atoms with van der Waals surface area (Å²) in [6.07, 6.45) is 1.31. The predicted octanol–water partition coefficient (Wildman–Crippen LogP) is 4.31. The average Bonchev–Trinajstić information content (AvgIpc) is 3.02. The van der Waals surface area contributed by atoms with Crippen LogP contribution in [0.15, 0.2) is 36.4 Å². The second-order valence-electron chi connectivity index (χ2n) is 11.0. The lowest BCUT2D eigenvalue weighted by molar-refractivity contribution is -0.164. The number of fused-ring (bicyclic) bond motifs is 1. The van der Waals surface area contributed by atoms with Gasteiger partial charge in [0.1, 0.15) is 17.9 Å². The van der Waals surface area contributed by atoms with Crippen LogP contribution in [-0.2, 0) is 17.6 Å². The number of rotatable bonds is 6. The third-order valence-electron chi connectivity index (χ3n) is 7.65. The lowest BCUT2D eigenvalue weighted by atomic mass is 9.49. The molecule has 2 aromatic rings. The summed E-state index contributed by atoms with van der Waals surface area (Å²) >= 11 is 6.18. The van der Waals surface area contributed by atoms with Crippen LogP contribution in [0.3, 0.4) is 0 Å². The number of nitrogens with one attached hydrogen (secondary N) is 1. The number of benzene rings is 2. The molecule has 0 bridgehead atoms. The summed E-state index contributed by atoms with van der Waals surface area (Å²) in [7, 11) is 0. The molecule has 1 heterocycles. The number of hydrogen-bond acceptors (Lipinski definition) is 5. The van der Waals surface area contributed by atoms with E-state index in [-0.39, 0.29) is 35.4 Å². The molecule has 0 radical (unpaired) electrons. The maximum absolute atomic E-state index is 13.3. The van der Waals surface area contributed by atoms with Gasteiger partial charge in [0.05, 0.1) is 17.1 Å². The number of halogens is 1. The quantitative estimate of drug-likeness (QED) is 0.601. The van der Waals surface area contributed by atoms with Crippen LogP contribution in [0.1, 0.15) is 54.7 Å². The van der Waals surface area contributed by atoms with Crippen molar-refractivity contribution in [3.63, 3.8) is 0 Å². The Morgan fingerprint density at radius 3 is 2.39 bits per heavy atom. The van der Waals surface area contributed by atoms with Crippen LogP contribution < -0.4 is 10.1 Å². The molecule has 1 fully saturated rings. The fourth-order valence-corrected chi connectivity index (χ4v) is 6.29. The molecule has 0 aromatic heterocycles. The molecule has 7 nitrogen and oxygen atoms in total. The first-order chi connectivity index (χ1) is 16.9. The Kier molecular flexibility index (Phi) is 7.05. The number of ether oxygens (including phenoxy) is 1. The summed E-state index contributed by atoms with van der Waals surface area (Å²) in [6, 6.07) is 12.8. The van der Waals surface area contributed by atoms with Crippen molar-refractivity contribution in [2.75, 3.05) is 19.6 Å². The van der Waals surface area contributed by atoms with Gasteiger partial charge < -0.3 is 15.2 Å². The van der Waals surface area contributed by atoms with Crippen molar-refractivity contribution in [3.05, 3.63) is 63.7 Å². The van der Waals surface area contributed by atoms with E-state index in [0.29, 0.717) is 41.4 Å². The van der Waals surface area contributed by atoms with Gasteiger partial charge in [0.2, 0.25) is 0 Å². The van der Waals surface area contributed by atoms with E-state index in [0.717, 1.165) is 12.0 Å². The molecule has 0 unspecified atom stereocenters. The molecule has 1 saturated carbocycles. The Morgan fingerprint density at radius 1 is 1.11 bits per heavy atom. The molecule has 2 aliphatic rings. The minimum Gasteiger partial charge on any atom is -0.489 e. The van der Waals surface area contributed by atoms with Crippen LogP contribution in [0.25, 0.3) is 0 Å². The van der Waals surface area contributed by atoms with E-state index < -0.39 is 5.97 Å². The third kappa shape index (κ3) is 4.93. The van der Waals surface area contributed by atoms with Gasteiger partial charge in [0.25, 0.3) is 5.91 Å². The first-order valence-electron chi connectivity index (χ1n) is 12.2. The second kappa shape index (κ2) is 9.76. The molecular formula is C28H32ClN3O4. The van der Waals surface area contributed by atoms with Gasteiger partial charge >= 0.3 is 5.97 Å². The maximum atomic E-state index is 13.3.